The molecule has 0 spiro atoms. The van der Waals surface area contributed by atoms with E-state index in [-0.39, 0.29) is 49.5 Å². The van der Waals surface area contributed by atoms with Crippen molar-refractivity contribution in [2.24, 2.45) is 5.92 Å². The zero-order chi connectivity index (χ0) is 21.2. The minimum Gasteiger partial charge on any atom is -0.463 e. The van der Waals surface area contributed by atoms with Crippen LogP contribution in [0.3, 0.4) is 0 Å². The molecule has 0 aliphatic carbocycles. The minimum absolute atomic E-state index is 0.0444. The second-order valence-electron chi connectivity index (χ2n) is 7.83. The lowest BCUT2D eigenvalue weighted by Crippen LogP contribution is -2.44. The number of carbonyl (C=O) groups is 3. The number of amides is 2. The molecule has 2 rings (SSSR count). The summed E-state index contributed by atoms with van der Waals surface area (Å²) in [5.74, 6) is -0.931. The molecule has 1 N–H and O–H groups in total. The second kappa shape index (κ2) is 11.8. The molecule has 0 saturated carbocycles. The fourth-order valence-corrected chi connectivity index (χ4v) is 4.17. The molecule has 7 heteroatoms. The van der Waals surface area contributed by atoms with E-state index in [9.17, 15) is 19.5 Å². The van der Waals surface area contributed by atoms with Gasteiger partial charge in [-0.25, -0.2) is 0 Å². The summed E-state index contributed by atoms with van der Waals surface area (Å²) in [5.41, 5.74) is 0. The van der Waals surface area contributed by atoms with E-state index >= 15 is 0 Å². The lowest BCUT2D eigenvalue weighted by Gasteiger charge is -2.30. The van der Waals surface area contributed by atoms with Crippen molar-refractivity contribution in [1.29, 1.82) is 0 Å². The van der Waals surface area contributed by atoms with Gasteiger partial charge in [0.05, 0.1) is 24.6 Å². The predicted molar refractivity (Wildman–Crippen MR) is 110 cm³/mol. The molecule has 2 aliphatic rings. The Morgan fingerprint density at radius 1 is 1.07 bits per heavy atom. The maximum atomic E-state index is 13.2. The van der Waals surface area contributed by atoms with Gasteiger partial charge >= 0.3 is 5.97 Å². The molecule has 2 aliphatic heterocycles. The Morgan fingerprint density at radius 3 is 2.41 bits per heavy atom. The lowest BCUT2D eigenvalue weighted by molar-refractivity contribution is -0.149. The largest absolute Gasteiger partial charge is 0.463 e. The van der Waals surface area contributed by atoms with E-state index in [0.717, 1.165) is 25.7 Å². The topological polar surface area (TPSA) is 87.2 Å². The van der Waals surface area contributed by atoms with Crippen LogP contribution in [0, 0.1) is 5.92 Å². The smallest absolute Gasteiger partial charge is 0.306 e. The third kappa shape index (κ3) is 6.42. The number of esters is 1. The minimum atomic E-state index is -0.475. The maximum Gasteiger partial charge on any atom is 0.306 e. The third-order valence-corrected chi connectivity index (χ3v) is 5.78. The Labute approximate surface area is 173 Å². The molecule has 0 aromatic carbocycles. The molecule has 3 atom stereocenters. The van der Waals surface area contributed by atoms with Gasteiger partial charge in [0.1, 0.15) is 6.61 Å². The summed E-state index contributed by atoms with van der Waals surface area (Å²) < 4.78 is 5.34. The molecule has 0 radical (unpaired) electrons. The van der Waals surface area contributed by atoms with Crippen molar-refractivity contribution in [3.05, 3.63) is 25.3 Å². The molecule has 2 amide bonds. The maximum absolute atomic E-state index is 13.2. The normalized spacial score (nSPS) is 22.4. The number of allylic oxidation sites excluding steroid dienone is 2. The Kier molecular flexibility index (Phi) is 9.38. The van der Waals surface area contributed by atoms with Crippen LogP contribution in [-0.4, -0.2) is 71.1 Å². The van der Waals surface area contributed by atoms with Gasteiger partial charge in [-0.05, 0) is 38.5 Å². The molecule has 0 aromatic rings. The molecule has 29 heavy (non-hydrogen) atoms. The number of nitrogens with zero attached hydrogens (tertiary/aromatic N) is 2. The molecular formula is C22H34N2O5. The van der Waals surface area contributed by atoms with Gasteiger partial charge in [-0.1, -0.05) is 12.2 Å². The van der Waals surface area contributed by atoms with Crippen molar-refractivity contribution in [1.82, 2.24) is 9.80 Å². The Bertz CT molecular complexity index is 606. The summed E-state index contributed by atoms with van der Waals surface area (Å²) in [4.78, 5) is 41.1. The first kappa shape index (κ1) is 23.1. The van der Waals surface area contributed by atoms with E-state index in [1.54, 1.807) is 22.0 Å². The van der Waals surface area contributed by atoms with E-state index < -0.39 is 5.92 Å². The van der Waals surface area contributed by atoms with E-state index in [0.29, 0.717) is 32.4 Å². The fourth-order valence-electron chi connectivity index (χ4n) is 4.17. The van der Waals surface area contributed by atoms with Crippen molar-refractivity contribution in [2.45, 2.75) is 63.5 Å². The van der Waals surface area contributed by atoms with Crippen LogP contribution in [0.15, 0.2) is 25.3 Å². The summed E-state index contributed by atoms with van der Waals surface area (Å²) in [5, 5.41) is 9.47. The number of ether oxygens (including phenoxy) is 1. The number of carbonyl (C=O) groups excluding carboxylic acids is 3. The van der Waals surface area contributed by atoms with Crippen LogP contribution in [0.2, 0.25) is 0 Å². The van der Waals surface area contributed by atoms with Gasteiger partial charge in [0, 0.05) is 25.9 Å². The van der Waals surface area contributed by atoms with Gasteiger partial charge in [0.25, 0.3) is 0 Å². The highest BCUT2D eigenvalue weighted by Gasteiger charge is 2.36. The Hall–Kier alpha value is -2.15. The monoisotopic (exact) mass is 406 g/mol. The highest BCUT2D eigenvalue weighted by atomic mass is 16.5. The Balaban J connectivity index is 1.95. The first-order chi connectivity index (χ1) is 14.0. The fraction of sp³-hybridized carbons (Fsp3) is 0.682. The number of rotatable bonds is 11. The molecule has 162 valence electrons. The molecule has 7 nitrogen and oxygen atoms in total. The van der Waals surface area contributed by atoms with Crippen LogP contribution in [0.5, 0.6) is 0 Å². The molecule has 2 saturated heterocycles. The number of hydrogen-bond acceptors (Lipinski definition) is 5. The van der Waals surface area contributed by atoms with Crippen LogP contribution < -0.4 is 0 Å². The number of hydrogen-bond donors (Lipinski definition) is 1. The highest BCUT2D eigenvalue weighted by molar-refractivity contribution is 5.86. The lowest BCUT2D eigenvalue weighted by atomic mass is 9.98. The summed E-state index contributed by atoms with van der Waals surface area (Å²) in [6, 6.07) is -0.286. The van der Waals surface area contributed by atoms with Gasteiger partial charge in [0.2, 0.25) is 11.8 Å². The SMILES string of the molecule is C=CCCC(=O)OC[C@@H]1CCCN1C(=O)[C@H](CC=C)CC(=O)N1CCC[C@H]1CO. The van der Waals surface area contributed by atoms with E-state index in [2.05, 4.69) is 13.2 Å². The van der Waals surface area contributed by atoms with Crippen LogP contribution in [0.1, 0.15) is 51.4 Å². The van der Waals surface area contributed by atoms with Crippen molar-refractivity contribution in [2.75, 3.05) is 26.3 Å². The Morgan fingerprint density at radius 2 is 1.76 bits per heavy atom. The zero-order valence-electron chi connectivity index (χ0n) is 17.3. The average Bonchev–Trinajstić information content (AvgIpc) is 3.38. The molecule has 2 fully saturated rings. The molecule has 2 heterocycles. The van der Waals surface area contributed by atoms with Crippen molar-refractivity contribution < 1.29 is 24.2 Å². The third-order valence-electron chi connectivity index (χ3n) is 5.78. The van der Waals surface area contributed by atoms with Crippen molar-refractivity contribution >= 4 is 17.8 Å². The first-order valence-corrected chi connectivity index (χ1v) is 10.6. The van der Waals surface area contributed by atoms with Crippen molar-refractivity contribution in [3.63, 3.8) is 0 Å². The molecule has 0 aromatic heterocycles. The van der Waals surface area contributed by atoms with Crippen LogP contribution >= 0.6 is 0 Å². The van der Waals surface area contributed by atoms with Crippen LogP contribution in [0.25, 0.3) is 0 Å². The van der Waals surface area contributed by atoms with Gasteiger partial charge in [-0.2, -0.15) is 0 Å². The quantitative estimate of drug-likeness (QED) is 0.419. The summed E-state index contributed by atoms with van der Waals surface area (Å²) in [6.45, 7) is 8.72. The van der Waals surface area contributed by atoms with Gasteiger partial charge in [-0.15, -0.1) is 13.2 Å². The van der Waals surface area contributed by atoms with E-state index in [1.165, 1.54) is 0 Å². The molecule has 0 unspecified atom stereocenters. The highest BCUT2D eigenvalue weighted by Crippen LogP contribution is 2.25. The number of likely N-dealkylation sites (tertiary alicyclic amines) is 2. The summed E-state index contributed by atoms with van der Waals surface area (Å²) >= 11 is 0. The second-order valence-corrected chi connectivity index (χ2v) is 7.83. The van der Waals surface area contributed by atoms with Gasteiger partial charge in [0.15, 0.2) is 0 Å². The molecule has 0 bridgehead atoms. The summed E-state index contributed by atoms with van der Waals surface area (Å²) in [7, 11) is 0. The predicted octanol–water partition coefficient (Wildman–Crippen LogP) is 2.05. The average molecular weight is 407 g/mol. The van der Waals surface area contributed by atoms with Gasteiger partial charge in [-0.3, -0.25) is 14.4 Å². The van der Waals surface area contributed by atoms with Crippen LogP contribution in [0.4, 0.5) is 0 Å². The summed E-state index contributed by atoms with van der Waals surface area (Å²) in [6.07, 6.45) is 8.06. The van der Waals surface area contributed by atoms with Gasteiger partial charge < -0.3 is 19.6 Å². The van der Waals surface area contributed by atoms with E-state index in [4.69, 9.17) is 4.74 Å². The molecular weight excluding hydrogens is 372 g/mol. The van der Waals surface area contributed by atoms with Crippen molar-refractivity contribution in [3.8, 4) is 0 Å². The van der Waals surface area contributed by atoms with Crippen LogP contribution in [-0.2, 0) is 19.1 Å². The zero-order valence-corrected chi connectivity index (χ0v) is 17.3. The number of aliphatic hydroxyl groups is 1. The van der Waals surface area contributed by atoms with E-state index in [1.807, 2.05) is 0 Å². The standard InChI is InChI=1S/C22H34N2O5/c1-3-5-11-21(27)29-16-19-10-7-13-24(19)22(28)17(8-4-2)14-20(26)23-12-6-9-18(23)15-25/h3-4,17-19,25H,1-2,5-16H2/t17-,18+,19+/m1/s1. The first-order valence-electron chi connectivity index (χ1n) is 10.6. The number of aliphatic hydroxyl groups excluding tert-OH is 1.